The largest absolute Gasteiger partial charge is 0.302 e. The summed E-state index contributed by atoms with van der Waals surface area (Å²) in [6, 6.07) is 0. The first-order valence-corrected chi connectivity index (χ1v) is 8.38. The topological polar surface area (TPSA) is 37.4 Å². The Labute approximate surface area is 104 Å². The molecule has 16 heavy (non-hydrogen) atoms. The van der Waals surface area contributed by atoms with E-state index in [9.17, 15) is 8.42 Å². The van der Waals surface area contributed by atoms with Gasteiger partial charge in [0.05, 0.1) is 11.5 Å². The van der Waals surface area contributed by atoms with Gasteiger partial charge in [-0.05, 0) is 38.3 Å². The van der Waals surface area contributed by atoms with Crippen molar-refractivity contribution >= 4 is 21.4 Å². The molecule has 96 valence electrons. The Balaban J connectivity index is 2.28. The maximum atomic E-state index is 11.4. The molecule has 0 aliphatic carbocycles. The molecule has 1 aliphatic rings. The van der Waals surface area contributed by atoms with Gasteiger partial charge in [-0.3, -0.25) is 0 Å². The highest BCUT2D eigenvalue weighted by molar-refractivity contribution is 7.91. The molecule has 0 radical (unpaired) electrons. The van der Waals surface area contributed by atoms with Crippen LogP contribution in [0.5, 0.6) is 0 Å². The summed E-state index contributed by atoms with van der Waals surface area (Å²) in [6.45, 7) is 4.84. The molecule has 1 fully saturated rings. The van der Waals surface area contributed by atoms with Crippen LogP contribution in [0, 0.1) is 5.92 Å². The van der Waals surface area contributed by atoms with Crippen LogP contribution < -0.4 is 0 Å². The van der Waals surface area contributed by atoms with Crippen LogP contribution in [0.25, 0.3) is 0 Å². The fourth-order valence-corrected chi connectivity index (χ4v) is 3.63. The monoisotopic (exact) mass is 267 g/mol. The van der Waals surface area contributed by atoms with Gasteiger partial charge in [-0.2, -0.15) is 0 Å². The summed E-state index contributed by atoms with van der Waals surface area (Å²) in [7, 11) is -2.76. The number of hydrogen-bond donors (Lipinski definition) is 0. The van der Waals surface area contributed by atoms with Crippen LogP contribution in [0.1, 0.15) is 26.2 Å². The lowest BCUT2D eigenvalue weighted by Crippen LogP contribution is -2.29. The summed E-state index contributed by atoms with van der Waals surface area (Å²) in [5.74, 6) is 2.05. The minimum absolute atomic E-state index is 0.330. The molecule has 0 spiro atoms. The highest BCUT2D eigenvalue weighted by Crippen LogP contribution is 2.11. The standard InChI is InChI=1S/C11H22ClNO2S/c1-11(3-5-12)4-7-13-6-2-9-16(14,15)10-8-13/h11H,2-10H2,1H3. The molecule has 0 aromatic heterocycles. The zero-order chi connectivity index (χ0) is 12.0. The van der Waals surface area contributed by atoms with Crippen molar-refractivity contribution in [2.24, 2.45) is 5.92 Å². The van der Waals surface area contributed by atoms with E-state index in [0.717, 1.165) is 38.2 Å². The maximum Gasteiger partial charge on any atom is 0.151 e. The Hall–Kier alpha value is 0.200. The Morgan fingerprint density at radius 3 is 2.69 bits per heavy atom. The lowest BCUT2D eigenvalue weighted by atomic mass is 10.1. The van der Waals surface area contributed by atoms with Crippen molar-refractivity contribution in [3.05, 3.63) is 0 Å². The van der Waals surface area contributed by atoms with Crippen molar-refractivity contribution in [1.29, 1.82) is 0 Å². The van der Waals surface area contributed by atoms with Crippen molar-refractivity contribution in [1.82, 2.24) is 4.90 Å². The second-order valence-electron chi connectivity index (χ2n) is 4.72. The molecule has 1 atom stereocenters. The summed E-state index contributed by atoms with van der Waals surface area (Å²) in [5, 5.41) is 0. The molecular formula is C11H22ClNO2S. The van der Waals surface area contributed by atoms with E-state index in [-0.39, 0.29) is 0 Å². The van der Waals surface area contributed by atoms with E-state index in [2.05, 4.69) is 11.8 Å². The molecule has 0 N–H and O–H groups in total. The van der Waals surface area contributed by atoms with Gasteiger partial charge in [0.15, 0.2) is 9.84 Å². The minimum atomic E-state index is -2.76. The summed E-state index contributed by atoms with van der Waals surface area (Å²) >= 11 is 5.69. The third-order valence-electron chi connectivity index (χ3n) is 3.19. The molecule has 1 aliphatic heterocycles. The Morgan fingerprint density at radius 1 is 1.25 bits per heavy atom. The van der Waals surface area contributed by atoms with Crippen LogP contribution in [0.2, 0.25) is 0 Å². The van der Waals surface area contributed by atoms with E-state index in [1.54, 1.807) is 0 Å². The van der Waals surface area contributed by atoms with E-state index >= 15 is 0 Å². The Morgan fingerprint density at radius 2 is 2.00 bits per heavy atom. The molecule has 0 aromatic carbocycles. The summed E-state index contributed by atoms with van der Waals surface area (Å²) in [4.78, 5) is 2.27. The first-order chi connectivity index (χ1) is 7.53. The van der Waals surface area contributed by atoms with Gasteiger partial charge >= 0.3 is 0 Å². The zero-order valence-electron chi connectivity index (χ0n) is 9.99. The lowest BCUT2D eigenvalue weighted by Gasteiger charge is -2.21. The van der Waals surface area contributed by atoms with E-state index in [4.69, 9.17) is 11.6 Å². The fraction of sp³-hybridized carbons (Fsp3) is 1.00. The number of rotatable bonds is 5. The molecular weight excluding hydrogens is 246 g/mol. The maximum absolute atomic E-state index is 11.4. The first-order valence-electron chi connectivity index (χ1n) is 6.02. The van der Waals surface area contributed by atoms with Crippen molar-refractivity contribution in [3.63, 3.8) is 0 Å². The highest BCUT2D eigenvalue weighted by atomic mass is 35.5. The summed E-state index contributed by atoms with van der Waals surface area (Å²) in [5.41, 5.74) is 0. The second-order valence-corrected chi connectivity index (χ2v) is 7.40. The smallest absolute Gasteiger partial charge is 0.151 e. The average Bonchev–Trinajstić information content (AvgIpc) is 2.37. The van der Waals surface area contributed by atoms with E-state index in [0.29, 0.717) is 24.0 Å². The lowest BCUT2D eigenvalue weighted by molar-refractivity contribution is 0.271. The zero-order valence-corrected chi connectivity index (χ0v) is 11.6. The quantitative estimate of drug-likeness (QED) is 0.713. The first kappa shape index (κ1) is 14.3. The molecule has 1 unspecified atom stereocenters. The molecule has 0 aromatic rings. The molecule has 3 nitrogen and oxygen atoms in total. The van der Waals surface area contributed by atoms with E-state index in [1.807, 2.05) is 0 Å². The number of hydrogen-bond acceptors (Lipinski definition) is 3. The predicted molar refractivity (Wildman–Crippen MR) is 68.8 cm³/mol. The van der Waals surface area contributed by atoms with Crippen LogP contribution in [0.3, 0.4) is 0 Å². The predicted octanol–water partition coefficient (Wildman–Crippen LogP) is 1.76. The second kappa shape index (κ2) is 6.82. The molecule has 1 rings (SSSR count). The van der Waals surface area contributed by atoms with Gasteiger partial charge in [0.1, 0.15) is 0 Å². The van der Waals surface area contributed by atoms with Crippen molar-refractivity contribution in [2.45, 2.75) is 26.2 Å². The summed E-state index contributed by atoms with van der Waals surface area (Å²) < 4.78 is 22.8. The number of sulfone groups is 1. The Kier molecular flexibility index (Phi) is 6.08. The molecule has 0 bridgehead atoms. The van der Waals surface area contributed by atoms with Crippen molar-refractivity contribution in [2.75, 3.05) is 37.0 Å². The molecule has 1 saturated heterocycles. The Bertz CT molecular complexity index is 292. The van der Waals surface area contributed by atoms with Crippen LogP contribution in [0.15, 0.2) is 0 Å². The van der Waals surface area contributed by atoms with Crippen LogP contribution in [-0.2, 0) is 9.84 Å². The van der Waals surface area contributed by atoms with Crippen LogP contribution in [-0.4, -0.2) is 50.3 Å². The molecule has 5 heteroatoms. The molecule has 0 amide bonds. The number of alkyl halides is 1. The minimum Gasteiger partial charge on any atom is -0.302 e. The average molecular weight is 268 g/mol. The molecule has 1 heterocycles. The van der Waals surface area contributed by atoms with E-state index < -0.39 is 9.84 Å². The fourth-order valence-electron chi connectivity index (χ4n) is 1.95. The van der Waals surface area contributed by atoms with Crippen LogP contribution in [0.4, 0.5) is 0 Å². The van der Waals surface area contributed by atoms with Crippen molar-refractivity contribution < 1.29 is 8.42 Å². The highest BCUT2D eigenvalue weighted by Gasteiger charge is 2.18. The normalized spacial score (nSPS) is 23.9. The summed E-state index contributed by atoms with van der Waals surface area (Å²) in [6.07, 6.45) is 2.95. The van der Waals surface area contributed by atoms with Gasteiger partial charge < -0.3 is 4.90 Å². The van der Waals surface area contributed by atoms with Crippen LogP contribution >= 0.6 is 11.6 Å². The van der Waals surface area contributed by atoms with Crippen molar-refractivity contribution in [3.8, 4) is 0 Å². The van der Waals surface area contributed by atoms with Gasteiger partial charge in [-0.15, -0.1) is 11.6 Å². The van der Waals surface area contributed by atoms with E-state index in [1.165, 1.54) is 0 Å². The van der Waals surface area contributed by atoms with Gasteiger partial charge in [-0.25, -0.2) is 8.42 Å². The molecule has 0 saturated carbocycles. The van der Waals surface area contributed by atoms with Gasteiger partial charge in [0.25, 0.3) is 0 Å². The number of nitrogens with zero attached hydrogens (tertiary/aromatic N) is 1. The van der Waals surface area contributed by atoms with Gasteiger partial charge in [0.2, 0.25) is 0 Å². The number of halogens is 1. The van der Waals surface area contributed by atoms with Gasteiger partial charge in [0, 0.05) is 12.4 Å². The van der Waals surface area contributed by atoms with Gasteiger partial charge in [-0.1, -0.05) is 6.92 Å². The third-order valence-corrected chi connectivity index (χ3v) is 5.12. The SMILES string of the molecule is CC(CCCl)CCN1CCCS(=O)(=O)CC1. The third kappa shape index (κ3) is 5.51.